The van der Waals surface area contributed by atoms with E-state index in [1.54, 1.807) is 11.5 Å². The van der Waals surface area contributed by atoms with Crippen molar-refractivity contribution in [3.8, 4) is 11.5 Å². The van der Waals surface area contributed by atoms with E-state index in [9.17, 15) is 15.0 Å². The number of nitrogens with one attached hydrogen (secondary N) is 1. The van der Waals surface area contributed by atoms with E-state index in [1.807, 2.05) is 6.92 Å². The summed E-state index contributed by atoms with van der Waals surface area (Å²) >= 11 is 1.39. The smallest absolute Gasteiger partial charge is 0.223 e. The lowest BCUT2D eigenvalue weighted by atomic mass is 9.89. The molecule has 0 spiro atoms. The normalized spacial score (nSPS) is 17.7. The Morgan fingerprint density at radius 1 is 1.35 bits per heavy atom. The minimum atomic E-state index is -0.0952. The van der Waals surface area contributed by atoms with Gasteiger partial charge in [0, 0.05) is 23.2 Å². The Morgan fingerprint density at radius 3 is 2.70 bits per heavy atom. The summed E-state index contributed by atoms with van der Waals surface area (Å²) in [5.74, 6) is 0.163. The first kappa shape index (κ1) is 17.5. The second-order valence-electron chi connectivity index (χ2n) is 5.90. The van der Waals surface area contributed by atoms with E-state index in [-0.39, 0.29) is 28.7 Å². The van der Waals surface area contributed by atoms with Gasteiger partial charge in [0.15, 0.2) is 0 Å². The first-order valence-corrected chi connectivity index (χ1v) is 8.85. The number of thioether (sulfide) groups is 1. The van der Waals surface area contributed by atoms with Gasteiger partial charge in [-0.2, -0.15) is 0 Å². The minimum absolute atomic E-state index is 0.0141. The zero-order chi connectivity index (χ0) is 16.8. The highest BCUT2D eigenvalue weighted by molar-refractivity contribution is 8.02. The number of benzene rings is 1. The van der Waals surface area contributed by atoms with Gasteiger partial charge in [-0.25, -0.2) is 0 Å². The molecule has 0 bridgehead atoms. The van der Waals surface area contributed by atoms with Gasteiger partial charge in [-0.05, 0) is 37.3 Å². The molecule has 0 heterocycles. The quantitative estimate of drug-likeness (QED) is 0.620. The molecule has 5 N–H and O–H groups in total. The Morgan fingerprint density at radius 2 is 2.04 bits per heavy atom. The van der Waals surface area contributed by atoms with Crippen LogP contribution in [0.5, 0.6) is 11.5 Å². The predicted octanol–water partition coefficient (Wildman–Crippen LogP) is 3.13. The van der Waals surface area contributed by atoms with Crippen LogP contribution in [0.2, 0.25) is 0 Å². The fraction of sp³-hybridized carbons (Fsp3) is 0.471. The number of phenolic OH excluding ortho intramolecular Hbond substituents is 2. The van der Waals surface area contributed by atoms with Gasteiger partial charge in [0.1, 0.15) is 11.5 Å². The van der Waals surface area contributed by atoms with Crippen LogP contribution in [0.1, 0.15) is 44.6 Å². The van der Waals surface area contributed by atoms with Crippen LogP contribution >= 0.6 is 11.8 Å². The Hall–Kier alpha value is -1.82. The fourth-order valence-electron chi connectivity index (χ4n) is 2.72. The lowest BCUT2D eigenvalue weighted by Gasteiger charge is -2.22. The number of carbonyl (C=O) groups is 1. The van der Waals surface area contributed by atoms with Crippen molar-refractivity contribution in [1.29, 1.82) is 0 Å². The van der Waals surface area contributed by atoms with Gasteiger partial charge >= 0.3 is 0 Å². The highest BCUT2D eigenvalue weighted by Gasteiger charge is 2.22. The summed E-state index contributed by atoms with van der Waals surface area (Å²) in [5, 5.41) is 23.7. The molecule has 1 saturated carbocycles. The molecule has 1 aromatic rings. The molecule has 1 atom stereocenters. The summed E-state index contributed by atoms with van der Waals surface area (Å²) in [7, 11) is 0. The highest BCUT2D eigenvalue weighted by atomic mass is 32.2. The standard InChI is InChI=1S/C17H24N2O3S/c1-11(19-17(22)12-5-3-2-4-6-12)23-10-15(18)14-8-7-13(20)9-16(14)21/h7-12,20-21H,2-6,18H2,1H3,(H,19,22)/b15-10-. The number of hydrogen-bond donors (Lipinski definition) is 4. The van der Waals surface area contributed by atoms with Crippen molar-refractivity contribution >= 4 is 23.4 Å². The van der Waals surface area contributed by atoms with Gasteiger partial charge in [-0.3, -0.25) is 4.79 Å². The van der Waals surface area contributed by atoms with Gasteiger partial charge in [0.05, 0.1) is 5.37 Å². The topological polar surface area (TPSA) is 95.6 Å². The number of phenols is 2. The number of hydrogen-bond acceptors (Lipinski definition) is 5. The average Bonchev–Trinajstić information content (AvgIpc) is 2.53. The van der Waals surface area contributed by atoms with E-state index >= 15 is 0 Å². The molecule has 0 aromatic heterocycles. The molecule has 1 fully saturated rings. The Kier molecular flexibility index (Phi) is 6.21. The van der Waals surface area contributed by atoms with Crippen LogP contribution in [0.3, 0.4) is 0 Å². The van der Waals surface area contributed by atoms with Crippen molar-refractivity contribution < 1.29 is 15.0 Å². The summed E-state index contributed by atoms with van der Waals surface area (Å²) in [4.78, 5) is 12.2. The summed E-state index contributed by atoms with van der Waals surface area (Å²) in [6.07, 6.45) is 5.44. The molecule has 6 heteroatoms. The summed E-state index contributed by atoms with van der Waals surface area (Å²) in [5.41, 5.74) is 6.81. The zero-order valence-electron chi connectivity index (χ0n) is 13.3. The Balaban J connectivity index is 1.89. The Bertz CT molecular complexity index is 583. The minimum Gasteiger partial charge on any atom is -0.508 e. The van der Waals surface area contributed by atoms with Crippen LogP contribution in [0.15, 0.2) is 23.6 Å². The van der Waals surface area contributed by atoms with Gasteiger partial charge in [0.2, 0.25) is 5.91 Å². The SMILES string of the molecule is CC(NC(=O)C1CCCCC1)S/C=C(\N)c1ccc(O)cc1O. The molecule has 1 amide bonds. The lowest BCUT2D eigenvalue weighted by molar-refractivity contribution is -0.126. The van der Waals surface area contributed by atoms with E-state index in [4.69, 9.17) is 5.73 Å². The largest absolute Gasteiger partial charge is 0.508 e. The van der Waals surface area contributed by atoms with Crippen molar-refractivity contribution in [3.63, 3.8) is 0 Å². The summed E-state index contributed by atoms with van der Waals surface area (Å²) in [6, 6.07) is 4.27. The van der Waals surface area contributed by atoms with Gasteiger partial charge in [0.25, 0.3) is 0 Å². The molecule has 5 nitrogen and oxygen atoms in total. The van der Waals surface area contributed by atoms with Gasteiger partial charge in [-0.1, -0.05) is 19.3 Å². The van der Waals surface area contributed by atoms with Gasteiger partial charge < -0.3 is 21.3 Å². The van der Waals surface area contributed by atoms with Crippen molar-refractivity contribution in [2.24, 2.45) is 11.7 Å². The molecule has 23 heavy (non-hydrogen) atoms. The third-order valence-electron chi connectivity index (χ3n) is 4.01. The zero-order valence-corrected chi connectivity index (χ0v) is 14.1. The highest BCUT2D eigenvalue weighted by Crippen LogP contribution is 2.28. The predicted molar refractivity (Wildman–Crippen MR) is 93.7 cm³/mol. The van der Waals surface area contributed by atoms with E-state index in [0.29, 0.717) is 11.3 Å². The second kappa shape index (κ2) is 8.15. The molecule has 0 radical (unpaired) electrons. The molecule has 1 aromatic carbocycles. The van der Waals surface area contributed by atoms with Crippen molar-refractivity contribution in [3.05, 3.63) is 29.2 Å². The van der Waals surface area contributed by atoms with Crippen molar-refractivity contribution in [2.45, 2.75) is 44.4 Å². The molecule has 2 rings (SSSR count). The van der Waals surface area contributed by atoms with Crippen LogP contribution in [-0.4, -0.2) is 21.5 Å². The molecule has 126 valence electrons. The van der Waals surface area contributed by atoms with E-state index < -0.39 is 0 Å². The number of rotatable bonds is 5. The fourth-order valence-corrected chi connectivity index (χ4v) is 3.38. The number of amides is 1. The van der Waals surface area contributed by atoms with Crippen molar-refractivity contribution in [2.75, 3.05) is 0 Å². The summed E-state index contributed by atoms with van der Waals surface area (Å²) < 4.78 is 0. The molecular formula is C17H24N2O3S. The molecule has 0 aliphatic heterocycles. The Labute approximate surface area is 141 Å². The summed E-state index contributed by atoms with van der Waals surface area (Å²) in [6.45, 7) is 1.91. The van der Waals surface area contributed by atoms with E-state index in [1.165, 1.54) is 30.3 Å². The maximum atomic E-state index is 12.2. The number of aromatic hydroxyl groups is 2. The van der Waals surface area contributed by atoms with E-state index in [0.717, 1.165) is 25.7 Å². The van der Waals surface area contributed by atoms with Crippen LogP contribution in [0.25, 0.3) is 5.70 Å². The van der Waals surface area contributed by atoms with Crippen molar-refractivity contribution in [1.82, 2.24) is 5.32 Å². The van der Waals surface area contributed by atoms with Crippen LogP contribution < -0.4 is 11.1 Å². The second-order valence-corrected chi connectivity index (χ2v) is 7.11. The first-order valence-electron chi connectivity index (χ1n) is 7.91. The maximum Gasteiger partial charge on any atom is 0.223 e. The van der Waals surface area contributed by atoms with Crippen LogP contribution in [-0.2, 0) is 4.79 Å². The first-order chi connectivity index (χ1) is 11.0. The molecule has 1 aliphatic carbocycles. The monoisotopic (exact) mass is 336 g/mol. The number of carbonyl (C=O) groups excluding carboxylic acids is 1. The lowest BCUT2D eigenvalue weighted by Crippen LogP contribution is -2.36. The molecule has 1 aliphatic rings. The van der Waals surface area contributed by atoms with Crippen LogP contribution in [0, 0.1) is 5.92 Å². The average molecular weight is 336 g/mol. The third-order valence-corrected chi connectivity index (χ3v) is 4.93. The molecular weight excluding hydrogens is 312 g/mol. The molecule has 0 saturated heterocycles. The maximum absolute atomic E-state index is 12.2. The molecule has 1 unspecified atom stereocenters. The van der Waals surface area contributed by atoms with Gasteiger partial charge in [-0.15, -0.1) is 11.8 Å². The van der Waals surface area contributed by atoms with Crippen LogP contribution in [0.4, 0.5) is 0 Å². The number of nitrogens with two attached hydrogens (primary N) is 1. The third kappa shape index (κ3) is 5.10. The van der Waals surface area contributed by atoms with E-state index in [2.05, 4.69) is 5.32 Å².